The molecule has 0 amide bonds. The fourth-order valence-corrected chi connectivity index (χ4v) is 6.16. The topological polar surface area (TPSA) is 86.7 Å². The van der Waals surface area contributed by atoms with Crippen molar-refractivity contribution in [2.75, 3.05) is 13.2 Å². The lowest BCUT2D eigenvalue weighted by molar-refractivity contribution is -0.142. The van der Waals surface area contributed by atoms with E-state index in [4.69, 9.17) is 9.47 Å². The Morgan fingerprint density at radius 3 is 1.32 bits per heavy atom. The average molecular weight is 605 g/mol. The minimum atomic E-state index is -0.238. The van der Waals surface area contributed by atoms with Gasteiger partial charge in [-0.15, -0.1) is 0 Å². The summed E-state index contributed by atoms with van der Waals surface area (Å²) >= 11 is 0. The Hall–Kier alpha value is -3.28. The van der Waals surface area contributed by atoms with Gasteiger partial charge < -0.3 is 9.47 Å². The van der Waals surface area contributed by atoms with Crippen LogP contribution in [-0.4, -0.2) is 36.7 Å². The molecule has 3 rings (SSSR count). The van der Waals surface area contributed by atoms with Gasteiger partial charge >= 0.3 is 11.9 Å². The van der Waals surface area contributed by atoms with Crippen LogP contribution in [0.4, 0.5) is 0 Å². The Morgan fingerprint density at radius 2 is 0.977 bits per heavy atom. The number of ether oxygens (including phenoxy) is 2. The van der Waals surface area contributed by atoms with Crippen molar-refractivity contribution in [2.24, 2.45) is 11.8 Å². The Bertz CT molecular complexity index is 1250. The van der Waals surface area contributed by atoms with Crippen molar-refractivity contribution in [3.63, 3.8) is 0 Å². The molecule has 0 bridgehead atoms. The summed E-state index contributed by atoms with van der Waals surface area (Å²) in [5, 5.41) is 0. The van der Waals surface area contributed by atoms with Crippen LogP contribution < -0.4 is 0 Å². The maximum Gasteiger partial charge on any atom is 0.302 e. The molecule has 2 aromatic rings. The molecular formula is C38H52O6. The van der Waals surface area contributed by atoms with Crippen LogP contribution in [0.2, 0.25) is 0 Å². The molecular weight excluding hydrogens is 552 g/mol. The van der Waals surface area contributed by atoms with Gasteiger partial charge in [0.25, 0.3) is 0 Å². The van der Waals surface area contributed by atoms with Gasteiger partial charge in [0.1, 0.15) is 0 Å². The Morgan fingerprint density at radius 1 is 0.614 bits per heavy atom. The first-order chi connectivity index (χ1) is 20.6. The Balaban J connectivity index is 1.66. The molecule has 0 spiro atoms. The van der Waals surface area contributed by atoms with E-state index in [1.165, 1.54) is 13.8 Å². The second kappa shape index (κ2) is 15.1. The summed E-state index contributed by atoms with van der Waals surface area (Å²) in [5.74, 6) is 0.271. The second-order valence-electron chi connectivity index (χ2n) is 14.2. The predicted octanol–water partition coefficient (Wildman–Crippen LogP) is 8.54. The molecule has 6 heteroatoms. The zero-order valence-electron chi connectivity index (χ0n) is 28.1. The zero-order chi connectivity index (χ0) is 32.7. The van der Waals surface area contributed by atoms with Gasteiger partial charge in [-0.05, 0) is 83.7 Å². The summed E-state index contributed by atoms with van der Waals surface area (Å²) in [4.78, 5) is 49.4. The van der Waals surface area contributed by atoms with Crippen LogP contribution in [0.3, 0.4) is 0 Å². The Labute approximate surface area is 264 Å². The van der Waals surface area contributed by atoms with Crippen LogP contribution in [0.25, 0.3) is 0 Å². The highest BCUT2D eigenvalue weighted by Crippen LogP contribution is 2.37. The number of rotatable bonds is 16. The number of esters is 2. The third kappa shape index (κ3) is 9.36. The van der Waals surface area contributed by atoms with E-state index >= 15 is 0 Å². The molecule has 240 valence electrons. The highest BCUT2D eigenvalue weighted by atomic mass is 16.5. The fraction of sp³-hybridized carbons (Fsp3) is 0.579. The summed E-state index contributed by atoms with van der Waals surface area (Å²) in [5.41, 5.74) is 3.78. The van der Waals surface area contributed by atoms with Crippen LogP contribution in [0, 0.1) is 11.8 Å². The van der Waals surface area contributed by atoms with Gasteiger partial charge in [-0.2, -0.15) is 0 Å². The van der Waals surface area contributed by atoms with E-state index in [0.717, 1.165) is 62.5 Å². The largest absolute Gasteiger partial charge is 0.466 e. The van der Waals surface area contributed by atoms with Crippen molar-refractivity contribution < 1.29 is 28.7 Å². The number of benzene rings is 2. The third-order valence-corrected chi connectivity index (χ3v) is 9.41. The van der Waals surface area contributed by atoms with E-state index in [1.807, 2.05) is 36.4 Å². The molecule has 0 saturated carbocycles. The molecule has 44 heavy (non-hydrogen) atoms. The lowest BCUT2D eigenvalue weighted by Gasteiger charge is -2.29. The first-order valence-corrected chi connectivity index (χ1v) is 16.3. The van der Waals surface area contributed by atoms with Gasteiger partial charge in [0.2, 0.25) is 0 Å². The molecule has 0 fully saturated rings. The number of hydrogen-bond donors (Lipinski definition) is 0. The number of ketones is 2. The van der Waals surface area contributed by atoms with E-state index in [1.54, 1.807) is 0 Å². The van der Waals surface area contributed by atoms with Crippen LogP contribution >= 0.6 is 0 Å². The molecule has 0 heterocycles. The van der Waals surface area contributed by atoms with E-state index < -0.39 is 0 Å². The summed E-state index contributed by atoms with van der Waals surface area (Å²) in [6, 6.07) is 11.6. The lowest BCUT2D eigenvalue weighted by atomic mass is 9.74. The highest BCUT2D eigenvalue weighted by molar-refractivity contribution is 6.28. The SMILES string of the molecule is CC(=O)OCCC(C)CCCC(C)(C)c1ccc2c(c1)C(=O)c1ccc(C(C)(C)CCCC(C)CCOC(C)=O)cc1C2=O. The van der Waals surface area contributed by atoms with Crippen LogP contribution in [0.5, 0.6) is 0 Å². The van der Waals surface area contributed by atoms with Crippen molar-refractivity contribution in [2.45, 2.75) is 118 Å². The van der Waals surface area contributed by atoms with E-state index in [0.29, 0.717) is 47.3 Å². The van der Waals surface area contributed by atoms with Gasteiger partial charge in [-0.25, -0.2) is 0 Å². The van der Waals surface area contributed by atoms with Gasteiger partial charge in [-0.1, -0.05) is 79.4 Å². The molecule has 0 aliphatic heterocycles. The molecule has 0 saturated heterocycles. The molecule has 2 aromatic carbocycles. The number of carbonyl (C=O) groups is 4. The minimum absolute atomic E-state index is 0.0858. The molecule has 0 radical (unpaired) electrons. The summed E-state index contributed by atoms with van der Waals surface area (Å²) in [7, 11) is 0. The van der Waals surface area contributed by atoms with Gasteiger partial charge in [-0.3, -0.25) is 19.2 Å². The van der Waals surface area contributed by atoms with Crippen LogP contribution in [0.15, 0.2) is 36.4 Å². The average Bonchev–Trinajstić information content (AvgIpc) is 2.94. The predicted molar refractivity (Wildman–Crippen MR) is 174 cm³/mol. The van der Waals surface area contributed by atoms with Crippen molar-refractivity contribution in [3.8, 4) is 0 Å². The number of fused-ring (bicyclic) bond motifs is 2. The molecule has 2 unspecified atom stereocenters. The van der Waals surface area contributed by atoms with Gasteiger partial charge in [0.05, 0.1) is 13.2 Å². The summed E-state index contributed by atoms with van der Waals surface area (Å²) in [6.45, 7) is 16.9. The molecule has 1 aliphatic rings. The highest BCUT2D eigenvalue weighted by Gasteiger charge is 2.33. The van der Waals surface area contributed by atoms with Gasteiger partial charge in [0, 0.05) is 36.1 Å². The second-order valence-corrected chi connectivity index (χ2v) is 14.2. The standard InChI is InChI=1S/C38H52O6/c1-25(17-21-43-27(3)39)11-9-19-37(5,6)29-13-15-31-33(23-29)35(41)32-16-14-30(24-34(32)36(31)42)38(7,8)20-10-12-26(2)18-22-44-28(4)40/h13-16,23-26H,9-12,17-22H2,1-8H3. The zero-order valence-corrected chi connectivity index (χ0v) is 28.1. The van der Waals surface area contributed by atoms with Crippen LogP contribution in [0.1, 0.15) is 150 Å². The first kappa shape index (κ1) is 35.2. The van der Waals surface area contributed by atoms with Crippen molar-refractivity contribution in [3.05, 3.63) is 69.8 Å². The van der Waals surface area contributed by atoms with Gasteiger partial charge in [0.15, 0.2) is 11.6 Å². The summed E-state index contributed by atoms with van der Waals surface area (Å²) in [6.07, 6.45) is 7.72. The fourth-order valence-electron chi connectivity index (χ4n) is 6.16. The molecule has 2 atom stereocenters. The first-order valence-electron chi connectivity index (χ1n) is 16.3. The van der Waals surface area contributed by atoms with Crippen LogP contribution in [-0.2, 0) is 29.9 Å². The summed E-state index contributed by atoms with van der Waals surface area (Å²) < 4.78 is 10.2. The van der Waals surface area contributed by atoms with E-state index in [2.05, 4.69) is 41.5 Å². The number of hydrogen-bond acceptors (Lipinski definition) is 6. The third-order valence-electron chi connectivity index (χ3n) is 9.41. The molecule has 0 N–H and O–H groups in total. The maximum absolute atomic E-state index is 13.7. The molecule has 6 nitrogen and oxygen atoms in total. The maximum atomic E-state index is 13.7. The van der Waals surface area contributed by atoms with E-state index in [9.17, 15) is 19.2 Å². The quantitative estimate of drug-likeness (QED) is 0.152. The Kier molecular flexibility index (Phi) is 12.1. The monoisotopic (exact) mass is 604 g/mol. The smallest absolute Gasteiger partial charge is 0.302 e. The molecule has 1 aliphatic carbocycles. The van der Waals surface area contributed by atoms with Crippen molar-refractivity contribution >= 4 is 23.5 Å². The van der Waals surface area contributed by atoms with Crippen molar-refractivity contribution in [1.29, 1.82) is 0 Å². The minimum Gasteiger partial charge on any atom is -0.466 e. The molecule has 0 aromatic heterocycles. The van der Waals surface area contributed by atoms with Crippen molar-refractivity contribution in [1.82, 2.24) is 0 Å². The lowest BCUT2D eigenvalue weighted by Crippen LogP contribution is -2.25. The number of carbonyl (C=O) groups excluding carboxylic acids is 4. The van der Waals surface area contributed by atoms with E-state index in [-0.39, 0.29) is 34.3 Å². The normalized spacial score (nSPS) is 14.5.